The van der Waals surface area contributed by atoms with Crippen molar-refractivity contribution in [2.75, 3.05) is 11.9 Å². The number of hydrogen-bond acceptors (Lipinski definition) is 5. The van der Waals surface area contributed by atoms with Crippen molar-refractivity contribution < 1.29 is 0 Å². The second-order valence-corrected chi connectivity index (χ2v) is 3.73. The minimum Gasteiger partial charge on any atom is -0.369 e. The minimum absolute atomic E-state index is 0.754. The van der Waals surface area contributed by atoms with Crippen LogP contribution in [0.15, 0.2) is 24.9 Å². The first kappa shape index (κ1) is 11.4. The molecule has 0 saturated carbocycles. The van der Waals surface area contributed by atoms with Crippen LogP contribution >= 0.6 is 0 Å². The van der Waals surface area contributed by atoms with Crippen molar-refractivity contribution in [2.45, 2.75) is 20.3 Å². The van der Waals surface area contributed by atoms with Gasteiger partial charge in [0.1, 0.15) is 18.0 Å². The summed E-state index contributed by atoms with van der Waals surface area (Å²) in [5.41, 5.74) is 1.86. The van der Waals surface area contributed by atoms with Crippen molar-refractivity contribution in [2.24, 2.45) is 0 Å². The van der Waals surface area contributed by atoms with E-state index < -0.39 is 0 Å². The van der Waals surface area contributed by atoms with Gasteiger partial charge >= 0.3 is 0 Å². The van der Waals surface area contributed by atoms with Crippen molar-refractivity contribution in [3.05, 3.63) is 30.7 Å². The fourth-order valence-corrected chi connectivity index (χ4v) is 1.50. The monoisotopic (exact) mass is 229 g/mol. The summed E-state index contributed by atoms with van der Waals surface area (Å²) in [4.78, 5) is 16.6. The highest BCUT2D eigenvalue weighted by Crippen LogP contribution is 2.24. The highest BCUT2D eigenvalue weighted by atomic mass is 15.0. The fraction of sp³-hybridized carbons (Fsp3) is 0.333. The van der Waals surface area contributed by atoms with E-state index >= 15 is 0 Å². The summed E-state index contributed by atoms with van der Waals surface area (Å²) in [6, 6.07) is 0. The summed E-state index contributed by atoms with van der Waals surface area (Å²) in [6.07, 6.45) is 7.89. The van der Waals surface area contributed by atoms with Gasteiger partial charge in [-0.05, 0) is 13.3 Å². The molecule has 0 unspecified atom stereocenters. The molecule has 88 valence electrons. The lowest BCUT2D eigenvalue weighted by atomic mass is 10.1. The third kappa shape index (κ3) is 2.75. The normalized spacial score (nSPS) is 10.2. The topological polar surface area (TPSA) is 63.6 Å². The highest BCUT2D eigenvalue weighted by molar-refractivity contribution is 5.73. The summed E-state index contributed by atoms with van der Waals surface area (Å²) >= 11 is 0. The van der Waals surface area contributed by atoms with Crippen LogP contribution < -0.4 is 5.32 Å². The average Bonchev–Trinajstić information content (AvgIpc) is 2.37. The number of hydrogen-bond donors (Lipinski definition) is 1. The molecule has 0 atom stereocenters. The van der Waals surface area contributed by atoms with Crippen LogP contribution in [0.25, 0.3) is 11.1 Å². The van der Waals surface area contributed by atoms with E-state index in [0.29, 0.717) is 0 Å². The van der Waals surface area contributed by atoms with E-state index in [-0.39, 0.29) is 0 Å². The Morgan fingerprint density at radius 2 is 1.94 bits per heavy atom. The Morgan fingerprint density at radius 3 is 2.65 bits per heavy atom. The van der Waals surface area contributed by atoms with Crippen LogP contribution in [0.2, 0.25) is 0 Å². The molecule has 5 nitrogen and oxygen atoms in total. The number of nitrogens with one attached hydrogen (secondary N) is 1. The first-order valence-corrected chi connectivity index (χ1v) is 5.64. The molecule has 0 saturated heterocycles. The zero-order valence-electron chi connectivity index (χ0n) is 10.0. The van der Waals surface area contributed by atoms with Crippen LogP contribution in [-0.4, -0.2) is 26.5 Å². The van der Waals surface area contributed by atoms with Crippen molar-refractivity contribution in [1.82, 2.24) is 19.9 Å². The third-order valence-corrected chi connectivity index (χ3v) is 2.32. The van der Waals surface area contributed by atoms with E-state index in [1.165, 1.54) is 6.33 Å². The van der Waals surface area contributed by atoms with Gasteiger partial charge in [0.25, 0.3) is 0 Å². The average molecular weight is 229 g/mol. The summed E-state index contributed by atoms with van der Waals surface area (Å²) in [5.74, 6) is 1.60. The van der Waals surface area contributed by atoms with Gasteiger partial charge in [0.05, 0.1) is 0 Å². The van der Waals surface area contributed by atoms with Gasteiger partial charge in [0.2, 0.25) is 0 Å². The Morgan fingerprint density at radius 1 is 1.18 bits per heavy atom. The first-order valence-electron chi connectivity index (χ1n) is 5.64. The van der Waals surface area contributed by atoms with Gasteiger partial charge in [-0.25, -0.2) is 19.9 Å². The van der Waals surface area contributed by atoms with Crippen LogP contribution in [-0.2, 0) is 0 Å². The van der Waals surface area contributed by atoms with Crippen LogP contribution in [0.4, 0.5) is 5.82 Å². The maximum Gasteiger partial charge on any atom is 0.137 e. The fourth-order valence-electron chi connectivity index (χ4n) is 1.50. The molecule has 0 aliphatic carbocycles. The van der Waals surface area contributed by atoms with E-state index in [4.69, 9.17) is 0 Å². The largest absolute Gasteiger partial charge is 0.369 e. The molecular formula is C12H15N5. The van der Waals surface area contributed by atoms with E-state index in [0.717, 1.165) is 35.7 Å². The van der Waals surface area contributed by atoms with E-state index in [1.807, 2.05) is 6.92 Å². The molecule has 0 fully saturated rings. The Hall–Kier alpha value is -2.04. The van der Waals surface area contributed by atoms with Gasteiger partial charge in [0.15, 0.2) is 0 Å². The first-order chi connectivity index (χ1) is 8.31. The minimum atomic E-state index is 0.754. The molecule has 0 aliphatic rings. The molecule has 1 N–H and O–H groups in total. The molecule has 2 heterocycles. The zero-order valence-corrected chi connectivity index (χ0v) is 10.0. The molecule has 2 aromatic heterocycles. The van der Waals surface area contributed by atoms with Crippen LogP contribution in [0.5, 0.6) is 0 Å². The van der Waals surface area contributed by atoms with Crippen LogP contribution in [0.3, 0.4) is 0 Å². The molecule has 2 aromatic rings. The lowest BCUT2D eigenvalue weighted by Gasteiger charge is -2.10. The van der Waals surface area contributed by atoms with E-state index in [9.17, 15) is 0 Å². The standard InChI is InChI=1S/C12H15N5/c1-3-4-15-12-11(7-16-9(2)17-12)10-5-13-8-14-6-10/h5-8H,3-4H2,1-2H3,(H,15,16,17). The number of nitrogens with zero attached hydrogens (tertiary/aromatic N) is 4. The van der Waals surface area contributed by atoms with Crippen molar-refractivity contribution in [3.8, 4) is 11.1 Å². The molecular weight excluding hydrogens is 214 g/mol. The maximum absolute atomic E-state index is 4.41. The summed E-state index contributed by atoms with van der Waals surface area (Å²) in [7, 11) is 0. The van der Waals surface area contributed by atoms with Gasteiger partial charge in [-0.3, -0.25) is 0 Å². The molecule has 0 amide bonds. The predicted molar refractivity (Wildman–Crippen MR) is 66.6 cm³/mol. The quantitative estimate of drug-likeness (QED) is 0.869. The van der Waals surface area contributed by atoms with E-state index in [2.05, 4.69) is 32.2 Å². The second kappa shape index (κ2) is 5.34. The maximum atomic E-state index is 4.41. The van der Waals surface area contributed by atoms with Crippen molar-refractivity contribution >= 4 is 5.82 Å². The molecule has 0 bridgehead atoms. The van der Waals surface area contributed by atoms with E-state index in [1.54, 1.807) is 18.6 Å². The number of anilines is 1. The number of rotatable bonds is 4. The summed E-state index contributed by atoms with van der Waals surface area (Å²) < 4.78 is 0. The third-order valence-electron chi connectivity index (χ3n) is 2.32. The SMILES string of the molecule is CCCNc1nc(C)ncc1-c1cncnc1. The Bertz CT molecular complexity index is 484. The lowest BCUT2D eigenvalue weighted by Crippen LogP contribution is -2.05. The predicted octanol–water partition coefficient (Wildman–Crippen LogP) is 2.06. The molecule has 0 aliphatic heterocycles. The van der Waals surface area contributed by atoms with Gasteiger partial charge in [-0.2, -0.15) is 0 Å². The smallest absolute Gasteiger partial charge is 0.137 e. The Labute approximate surface area is 100 Å². The number of aromatic nitrogens is 4. The molecule has 5 heteroatoms. The molecule has 0 spiro atoms. The van der Waals surface area contributed by atoms with Crippen molar-refractivity contribution in [3.63, 3.8) is 0 Å². The molecule has 17 heavy (non-hydrogen) atoms. The lowest BCUT2D eigenvalue weighted by molar-refractivity contribution is 0.954. The van der Waals surface area contributed by atoms with Gasteiger partial charge in [0, 0.05) is 36.3 Å². The van der Waals surface area contributed by atoms with Gasteiger partial charge in [-0.15, -0.1) is 0 Å². The molecule has 0 aromatic carbocycles. The second-order valence-electron chi connectivity index (χ2n) is 3.73. The summed E-state index contributed by atoms with van der Waals surface area (Å²) in [5, 5.41) is 3.30. The summed E-state index contributed by atoms with van der Waals surface area (Å²) in [6.45, 7) is 4.88. The zero-order chi connectivity index (χ0) is 12.1. The highest BCUT2D eigenvalue weighted by Gasteiger charge is 2.07. The Kier molecular flexibility index (Phi) is 3.59. The molecule has 0 radical (unpaired) electrons. The van der Waals surface area contributed by atoms with Gasteiger partial charge in [-0.1, -0.05) is 6.92 Å². The molecule has 2 rings (SSSR count). The van der Waals surface area contributed by atoms with Gasteiger partial charge < -0.3 is 5.32 Å². The number of aryl methyl sites for hydroxylation is 1. The van der Waals surface area contributed by atoms with Crippen molar-refractivity contribution in [1.29, 1.82) is 0 Å². The van der Waals surface area contributed by atoms with Crippen LogP contribution in [0, 0.1) is 6.92 Å². The Balaban J connectivity index is 2.39. The van der Waals surface area contributed by atoms with Crippen LogP contribution in [0.1, 0.15) is 19.2 Å².